The van der Waals surface area contributed by atoms with Crippen LogP contribution in [0.2, 0.25) is 0 Å². The Kier molecular flexibility index (Phi) is 4.63. The lowest BCUT2D eigenvalue weighted by atomic mass is 9.84. The number of fused-ring (bicyclic) bond motifs is 1. The maximum atomic E-state index is 12.4. The van der Waals surface area contributed by atoms with E-state index in [1.54, 1.807) is 23.1 Å². The van der Waals surface area contributed by atoms with Gasteiger partial charge in [-0.05, 0) is 24.6 Å². The van der Waals surface area contributed by atoms with Crippen LogP contribution in [0.25, 0.3) is 0 Å². The van der Waals surface area contributed by atoms with Gasteiger partial charge in [0.2, 0.25) is 11.8 Å². The Hall–Kier alpha value is -3.51. The van der Waals surface area contributed by atoms with Crippen LogP contribution >= 0.6 is 0 Å². The van der Waals surface area contributed by atoms with Gasteiger partial charge in [0, 0.05) is 24.3 Å². The molecule has 1 saturated heterocycles. The Morgan fingerprint density at radius 1 is 1.43 bits per heavy atom. The van der Waals surface area contributed by atoms with E-state index in [4.69, 9.17) is 19.9 Å². The van der Waals surface area contributed by atoms with Crippen molar-refractivity contribution in [2.75, 3.05) is 26.3 Å². The number of rotatable bonds is 2. The second kappa shape index (κ2) is 7.25. The molecule has 1 fully saturated rings. The number of amides is 1. The number of ether oxygens (including phenoxy) is 3. The van der Waals surface area contributed by atoms with Gasteiger partial charge in [0.25, 0.3) is 0 Å². The molecule has 0 spiro atoms. The molecule has 0 saturated carbocycles. The van der Waals surface area contributed by atoms with Gasteiger partial charge in [-0.25, -0.2) is 4.79 Å². The van der Waals surface area contributed by atoms with Gasteiger partial charge in [-0.15, -0.1) is 5.10 Å². The highest BCUT2D eigenvalue weighted by Gasteiger charge is 2.34. The van der Waals surface area contributed by atoms with E-state index in [0.29, 0.717) is 37.9 Å². The van der Waals surface area contributed by atoms with Crippen molar-refractivity contribution in [2.45, 2.75) is 12.8 Å². The lowest BCUT2D eigenvalue weighted by Gasteiger charge is -2.26. The lowest BCUT2D eigenvalue weighted by molar-refractivity contribution is 0.0416. The molecule has 3 N–H and O–H groups in total. The van der Waals surface area contributed by atoms with Crippen LogP contribution in [0.3, 0.4) is 0 Å². The third-order valence-electron chi connectivity index (χ3n) is 4.80. The predicted octanol–water partition coefficient (Wildman–Crippen LogP) is 1.77. The Bertz CT molecular complexity index is 984. The zero-order valence-electron chi connectivity index (χ0n) is 15.3. The first-order chi connectivity index (χ1) is 13.6. The second-order valence-electron chi connectivity index (χ2n) is 6.53. The summed E-state index contributed by atoms with van der Waals surface area (Å²) in [5.41, 5.74) is 8.48. The highest BCUT2D eigenvalue weighted by atomic mass is 16.6. The van der Waals surface area contributed by atoms with Crippen molar-refractivity contribution in [3.63, 3.8) is 0 Å². The van der Waals surface area contributed by atoms with Crippen molar-refractivity contribution < 1.29 is 19.0 Å². The molecule has 2 aliphatic rings. The first-order valence-corrected chi connectivity index (χ1v) is 8.85. The molecule has 0 radical (unpaired) electrons. The number of nitrogens with one attached hydrogen (secondary N) is 1. The van der Waals surface area contributed by atoms with Crippen molar-refractivity contribution in [1.82, 2.24) is 15.1 Å². The number of aromatic nitrogens is 2. The zero-order chi connectivity index (χ0) is 19.7. The highest BCUT2D eigenvalue weighted by molar-refractivity contribution is 5.71. The number of carbonyl (C=O) groups is 1. The summed E-state index contributed by atoms with van der Waals surface area (Å²) in [7, 11) is 0. The monoisotopic (exact) mass is 381 g/mol. The molecule has 2 aromatic rings. The standard InChI is InChI=1S/C19H19N5O4/c1-11-15-16(14(10-20)17(21)28-18(15)23-22-11)12-3-2-4-13(9-12)27-19(25)24-5-7-26-8-6-24/h2-4,9,16H,5-8,21H2,1H3,(H,22,23)/t16-/m1/s1. The topological polar surface area (TPSA) is 126 Å². The number of nitrogens with two attached hydrogens (primary N) is 1. The smallest absolute Gasteiger partial charge is 0.415 e. The van der Waals surface area contributed by atoms with Crippen LogP contribution in [0.1, 0.15) is 22.7 Å². The molecular weight excluding hydrogens is 362 g/mol. The van der Waals surface area contributed by atoms with E-state index in [-0.39, 0.29) is 11.5 Å². The number of H-pyrrole nitrogens is 1. The number of hydrogen-bond donors (Lipinski definition) is 2. The van der Waals surface area contributed by atoms with Crippen LogP contribution in [0.4, 0.5) is 4.79 Å². The van der Waals surface area contributed by atoms with Gasteiger partial charge in [0.05, 0.1) is 19.1 Å². The number of nitrogens with zero attached hydrogens (tertiary/aromatic N) is 3. The number of allylic oxidation sites excluding steroid dienone is 1. The van der Waals surface area contributed by atoms with Crippen LogP contribution in [-0.4, -0.2) is 47.5 Å². The van der Waals surface area contributed by atoms with Gasteiger partial charge < -0.3 is 24.8 Å². The summed E-state index contributed by atoms with van der Waals surface area (Å²) in [6, 6.07) is 9.18. The molecule has 0 unspecified atom stereocenters. The van der Waals surface area contributed by atoms with Gasteiger partial charge >= 0.3 is 6.09 Å². The van der Waals surface area contributed by atoms with Crippen molar-refractivity contribution in [2.24, 2.45) is 5.73 Å². The third-order valence-corrected chi connectivity index (χ3v) is 4.80. The van der Waals surface area contributed by atoms with Crippen molar-refractivity contribution in [3.8, 4) is 17.7 Å². The molecule has 4 rings (SSSR count). The summed E-state index contributed by atoms with van der Waals surface area (Å²) >= 11 is 0. The summed E-state index contributed by atoms with van der Waals surface area (Å²) in [4.78, 5) is 14.0. The molecule has 0 aliphatic carbocycles. The van der Waals surface area contributed by atoms with Crippen molar-refractivity contribution in [3.05, 3.63) is 52.5 Å². The Morgan fingerprint density at radius 3 is 2.96 bits per heavy atom. The minimum Gasteiger partial charge on any atom is -0.420 e. The van der Waals surface area contributed by atoms with Crippen LogP contribution in [0.5, 0.6) is 11.6 Å². The fraction of sp³-hybridized carbons (Fsp3) is 0.316. The van der Waals surface area contributed by atoms with E-state index in [1.165, 1.54) is 0 Å². The molecular formula is C19H19N5O4. The Morgan fingerprint density at radius 2 is 2.21 bits per heavy atom. The predicted molar refractivity (Wildman–Crippen MR) is 97.5 cm³/mol. The summed E-state index contributed by atoms with van der Waals surface area (Å²) in [6.07, 6.45) is -0.428. The molecule has 1 amide bonds. The normalized spacial score (nSPS) is 18.9. The van der Waals surface area contributed by atoms with E-state index in [0.717, 1.165) is 16.8 Å². The van der Waals surface area contributed by atoms with Crippen LogP contribution in [-0.2, 0) is 4.74 Å². The average Bonchev–Trinajstić information content (AvgIpc) is 3.08. The number of benzene rings is 1. The van der Waals surface area contributed by atoms with E-state index in [1.807, 2.05) is 13.0 Å². The fourth-order valence-corrected chi connectivity index (χ4v) is 3.40. The largest absolute Gasteiger partial charge is 0.420 e. The molecule has 9 nitrogen and oxygen atoms in total. The number of morpholine rings is 1. The molecule has 144 valence electrons. The summed E-state index contributed by atoms with van der Waals surface area (Å²) < 4.78 is 16.2. The SMILES string of the molecule is Cc1[nH]nc2c1[C@H](c1cccc(OC(=O)N3CCOCC3)c1)C(C#N)=C(N)O2. The number of hydrogen-bond acceptors (Lipinski definition) is 7. The molecule has 1 aromatic heterocycles. The minimum absolute atomic E-state index is 0.0159. The minimum atomic E-state index is -0.463. The van der Waals surface area contributed by atoms with Crippen LogP contribution in [0, 0.1) is 18.3 Å². The molecule has 1 atom stereocenters. The first-order valence-electron chi connectivity index (χ1n) is 8.85. The van der Waals surface area contributed by atoms with E-state index < -0.39 is 12.0 Å². The molecule has 3 heterocycles. The van der Waals surface area contributed by atoms with Crippen LogP contribution < -0.4 is 15.2 Å². The van der Waals surface area contributed by atoms with Gasteiger partial charge in [-0.2, -0.15) is 5.26 Å². The van der Waals surface area contributed by atoms with Crippen molar-refractivity contribution >= 4 is 6.09 Å². The summed E-state index contributed by atoms with van der Waals surface area (Å²) in [6.45, 7) is 3.83. The maximum Gasteiger partial charge on any atom is 0.415 e. The third kappa shape index (κ3) is 3.14. The number of aryl methyl sites for hydroxylation is 1. The average molecular weight is 381 g/mol. The number of nitriles is 1. The quantitative estimate of drug-likeness (QED) is 0.811. The molecule has 9 heteroatoms. The van der Waals surface area contributed by atoms with Gasteiger partial charge in [0.15, 0.2) is 0 Å². The molecule has 2 aliphatic heterocycles. The Balaban J connectivity index is 1.66. The van der Waals surface area contributed by atoms with Crippen LogP contribution in [0.15, 0.2) is 35.7 Å². The van der Waals surface area contributed by atoms with Gasteiger partial charge in [0.1, 0.15) is 17.4 Å². The van der Waals surface area contributed by atoms with Gasteiger partial charge in [-0.1, -0.05) is 12.1 Å². The fourth-order valence-electron chi connectivity index (χ4n) is 3.40. The molecule has 28 heavy (non-hydrogen) atoms. The van der Waals surface area contributed by atoms with E-state index in [9.17, 15) is 10.1 Å². The maximum absolute atomic E-state index is 12.4. The Labute approximate surface area is 161 Å². The number of aromatic amines is 1. The second-order valence-corrected chi connectivity index (χ2v) is 6.53. The van der Waals surface area contributed by atoms with E-state index in [2.05, 4.69) is 16.3 Å². The van der Waals surface area contributed by atoms with Crippen molar-refractivity contribution in [1.29, 1.82) is 5.26 Å². The molecule has 0 bridgehead atoms. The first kappa shape index (κ1) is 17.9. The number of carbonyl (C=O) groups excluding carboxylic acids is 1. The lowest BCUT2D eigenvalue weighted by Crippen LogP contribution is -2.42. The van der Waals surface area contributed by atoms with E-state index >= 15 is 0 Å². The highest BCUT2D eigenvalue weighted by Crippen LogP contribution is 2.43. The van der Waals surface area contributed by atoms with Gasteiger partial charge in [-0.3, -0.25) is 5.10 Å². The summed E-state index contributed by atoms with van der Waals surface area (Å²) in [5, 5.41) is 16.6. The zero-order valence-corrected chi connectivity index (χ0v) is 15.3. The summed E-state index contributed by atoms with van der Waals surface area (Å²) in [5.74, 6) is 0.283. The molecule has 1 aromatic carbocycles.